The summed E-state index contributed by atoms with van der Waals surface area (Å²) in [5.41, 5.74) is 1.72. The van der Waals surface area contributed by atoms with Gasteiger partial charge in [-0.3, -0.25) is 14.5 Å². The zero-order valence-corrected chi connectivity index (χ0v) is 21.3. The molecule has 3 aromatic rings. The largest absolute Gasteiger partial charge is 0.465 e. The lowest BCUT2D eigenvalue weighted by atomic mass is 9.96. The summed E-state index contributed by atoms with van der Waals surface area (Å²) >= 11 is 12.1. The third kappa shape index (κ3) is 5.45. The number of piperidine rings is 2. The number of aromatic nitrogens is 4. The third-order valence-corrected chi connectivity index (χ3v) is 7.85. The molecule has 2 aromatic heterocycles. The normalized spacial score (nSPS) is 19.6. The molecule has 1 atom stereocenters. The van der Waals surface area contributed by atoms with Crippen molar-refractivity contribution in [2.24, 2.45) is 5.92 Å². The van der Waals surface area contributed by atoms with E-state index in [0.29, 0.717) is 52.6 Å². The van der Waals surface area contributed by atoms with E-state index in [-0.39, 0.29) is 11.6 Å². The maximum atomic E-state index is 12.9. The molecule has 10 nitrogen and oxygen atoms in total. The Balaban J connectivity index is 1.20. The van der Waals surface area contributed by atoms with E-state index in [2.05, 4.69) is 25.3 Å². The highest BCUT2D eigenvalue weighted by Gasteiger charge is 2.28. The molecule has 192 valence electrons. The number of halogens is 2. The standard InChI is InChI=1S/C24H29Cl2N7O3/c25-18-4-3-15(10-19(18)26)11-27-23-29-20-12-28-33(21(20)22(34)30-23)17-5-8-31(9-6-17)13-16-2-1-7-32(14-16)24(35)36/h3-4,10,12,16-17H,1-2,5-9,11,13-14H2,(H,35,36)(H2,27,29,30,34). The summed E-state index contributed by atoms with van der Waals surface area (Å²) in [4.78, 5) is 35.6. The van der Waals surface area contributed by atoms with Crippen LogP contribution in [0.3, 0.4) is 0 Å². The summed E-state index contributed by atoms with van der Waals surface area (Å²) in [6, 6.07) is 5.49. The van der Waals surface area contributed by atoms with E-state index >= 15 is 0 Å². The molecule has 2 saturated heterocycles. The van der Waals surface area contributed by atoms with Crippen molar-refractivity contribution < 1.29 is 9.90 Å². The van der Waals surface area contributed by atoms with Crippen molar-refractivity contribution in [3.05, 3.63) is 50.4 Å². The number of carboxylic acid groups (broad SMARTS) is 1. The van der Waals surface area contributed by atoms with E-state index in [0.717, 1.165) is 50.9 Å². The number of nitrogens with zero attached hydrogens (tertiary/aromatic N) is 5. The van der Waals surface area contributed by atoms with E-state index in [1.807, 2.05) is 10.7 Å². The Morgan fingerprint density at radius 1 is 1.17 bits per heavy atom. The van der Waals surface area contributed by atoms with Gasteiger partial charge in [-0.25, -0.2) is 9.78 Å². The predicted octanol–water partition coefficient (Wildman–Crippen LogP) is 4.07. The van der Waals surface area contributed by atoms with Crippen LogP contribution in [0.2, 0.25) is 10.0 Å². The molecule has 0 saturated carbocycles. The minimum absolute atomic E-state index is 0.124. The van der Waals surface area contributed by atoms with Crippen molar-refractivity contribution in [1.29, 1.82) is 0 Å². The Morgan fingerprint density at radius 2 is 1.97 bits per heavy atom. The molecule has 5 rings (SSSR count). The quantitative estimate of drug-likeness (QED) is 0.436. The Hall–Kier alpha value is -2.82. The molecule has 0 aliphatic carbocycles. The van der Waals surface area contributed by atoms with Gasteiger partial charge < -0.3 is 20.2 Å². The second-order valence-corrected chi connectivity index (χ2v) is 10.4. The van der Waals surface area contributed by atoms with Crippen LogP contribution in [0.15, 0.2) is 29.2 Å². The van der Waals surface area contributed by atoms with Crippen molar-refractivity contribution in [3.63, 3.8) is 0 Å². The summed E-state index contributed by atoms with van der Waals surface area (Å²) in [5, 5.41) is 17.9. The van der Waals surface area contributed by atoms with E-state index in [4.69, 9.17) is 23.2 Å². The predicted molar refractivity (Wildman–Crippen MR) is 139 cm³/mol. The third-order valence-electron chi connectivity index (χ3n) is 7.11. The lowest BCUT2D eigenvalue weighted by Crippen LogP contribution is -2.45. The van der Waals surface area contributed by atoms with Crippen LogP contribution >= 0.6 is 23.2 Å². The number of benzene rings is 1. The number of H-pyrrole nitrogens is 1. The highest BCUT2D eigenvalue weighted by molar-refractivity contribution is 6.42. The van der Waals surface area contributed by atoms with Gasteiger partial charge in [-0.2, -0.15) is 5.10 Å². The Morgan fingerprint density at radius 3 is 2.72 bits per heavy atom. The first-order chi connectivity index (χ1) is 17.4. The van der Waals surface area contributed by atoms with Gasteiger partial charge in [-0.15, -0.1) is 0 Å². The molecule has 4 heterocycles. The number of likely N-dealkylation sites (tertiary alicyclic amines) is 2. The Bertz CT molecular complexity index is 1300. The molecular formula is C24H29Cl2N7O3. The second-order valence-electron chi connectivity index (χ2n) is 9.61. The SMILES string of the molecule is O=C(O)N1CCCC(CN2CCC(n3ncc4nc(NCc5ccc(Cl)c(Cl)c5)[nH]c(=O)c43)CC2)C1. The van der Waals surface area contributed by atoms with Crippen LogP contribution in [0.25, 0.3) is 11.0 Å². The number of fused-ring (bicyclic) bond motifs is 1. The highest BCUT2D eigenvalue weighted by atomic mass is 35.5. The van der Waals surface area contributed by atoms with E-state index in [1.165, 1.54) is 4.90 Å². The van der Waals surface area contributed by atoms with Gasteiger partial charge in [-0.1, -0.05) is 29.3 Å². The number of hydrogen-bond acceptors (Lipinski definition) is 6. The Kier molecular flexibility index (Phi) is 7.36. The number of nitrogens with one attached hydrogen (secondary N) is 2. The van der Waals surface area contributed by atoms with Gasteiger partial charge in [-0.05, 0) is 49.3 Å². The first-order valence-corrected chi connectivity index (χ1v) is 13.0. The van der Waals surface area contributed by atoms with Gasteiger partial charge in [0.2, 0.25) is 5.95 Å². The van der Waals surface area contributed by atoms with Crippen LogP contribution in [-0.2, 0) is 6.54 Å². The lowest BCUT2D eigenvalue weighted by molar-refractivity contribution is 0.0962. The van der Waals surface area contributed by atoms with E-state index in [1.54, 1.807) is 18.3 Å². The average Bonchev–Trinajstić information content (AvgIpc) is 3.30. The van der Waals surface area contributed by atoms with Gasteiger partial charge in [0, 0.05) is 39.3 Å². The van der Waals surface area contributed by atoms with Crippen molar-refractivity contribution in [2.45, 2.75) is 38.3 Å². The van der Waals surface area contributed by atoms with Gasteiger partial charge in [0.1, 0.15) is 5.52 Å². The molecular weight excluding hydrogens is 505 g/mol. The van der Waals surface area contributed by atoms with E-state index in [9.17, 15) is 14.7 Å². The van der Waals surface area contributed by atoms with Crippen molar-refractivity contribution in [1.82, 2.24) is 29.5 Å². The highest BCUT2D eigenvalue weighted by Crippen LogP contribution is 2.27. The minimum Gasteiger partial charge on any atom is -0.465 e. The van der Waals surface area contributed by atoms with Gasteiger partial charge >= 0.3 is 6.09 Å². The molecule has 2 fully saturated rings. The zero-order chi connectivity index (χ0) is 25.2. The van der Waals surface area contributed by atoms with Crippen molar-refractivity contribution >= 4 is 46.3 Å². The smallest absolute Gasteiger partial charge is 0.407 e. The first kappa shape index (κ1) is 24.9. The monoisotopic (exact) mass is 533 g/mol. The Labute approximate surface area is 218 Å². The summed E-state index contributed by atoms with van der Waals surface area (Å²) in [6.07, 6.45) is 4.56. The molecule has 0 spiro atoms. The number of anilines is 1. The van der Waals surface area contributed by atoms with Crippen LogP contribution in [0.5, 0.6) is 0 Å². The molecule has 1 amide bonds. The minimum atomic E-state index is -0.824. The fourth-order valence-electron chi connectivity index (χ4n) is 5.27. The molecule has 1 aromatic carbocycles. The molecule has 0 bridgehead atoms. The number of carbonyl (C=O) groups is 1. The van der Waals surface area contributed by atoms with Crippen LogP contribution in [-0.4, -0.2) is 73.5 Å². The second kappa shape index (κ2) is 10.7. The van der Waals surface area contributed by atoms with Gasteiger partial charge in [0.15, 0.2) is 5.52 Å². The zero-order valence-electron chi connectivity index (χ0n) is 19.8. The molecule has 36 heavy (non-hydrogen) atoms. The van der Waals surface area contributed by atoms with Crippen molar-refractivity contribution in [2.75, 3.05) is 38.0 Å². The van der Waals surface area contributed by atoms with Gasteiger partial charge in [0.25, 0.3) is 5.56 Å². The average molecular weight is 534 g/mol. The fraction of sp³-hybridized carbons (Fsp3) is 0.500. The first-order valence-electron chi connectivity index (χ1n) is 12.2. The summed E-state index contributed by atoms with van der Waals surface area (Å²) in [5.74, 6) is 0.745. The number of amides is 1. The maximum Gasteiger partial charge on any atom is 0.407 e. The summed E-state index contributed by atoms with van der Waals surface area (Å²) < 4.78 is 1.81. The van der Waals surface area contributed by atoms with Crippen LogP contribution < -0.4 is 10.9 Å². The molecule has 2 aliphatic rings. The van der Waals surface area contributed by atoms with Gasteiger partial charge in [0.05, 0.1) is 22.3 Å². The molecule has 1 unspecified atom stereocenters. The number of hydrogen-bond donors (Lipinski definition) is 3. The van der Waals surface area contributed by atoms with Crippen LogP contribution in [0.1, 0.15) is 37.3 Å². The number of aromatic amines is 1. The summed E-state index contributed by atoms with van der Waals surface area (Å²) in [7, 11) is 0. The van der Waals surface area contributed by atoms with E-state index < -0.39 is 6.09 Å². The fourth-order valence-corrected chi connectivity index (χ4v) is 5.59. The molecule has 3 N–H and O–H groups in total. The number of rotatable bonds is 6. The molecule has 0 radical (unpaired) electrons. The van der Waals surface area contributed by atoms with Crippen molar-refractivity contribution in [3.8, 4) is 0 Å². The molecule has 12 heteroatoms. The lowest BCUT2D eigenvalue weighted by Gasteiger charge is -2.37. The maximum absolute atomic E-state index is 12.9. The van der Waals surface area contributed by atoms with Crippen LogP contribution in [0, 0.1) is 5.92 Å². The topological polar surface area (TPSA) is 119 Å². The van der Waals surface area contributed by atoms with Crippen LogP contribution in [0.4, 0.5) is 10.7 Å². The summed E-state index contributed by atoms with van der Waals surface area (Å²) in [6.45, 7) is 4.38. The molecule has 2 aliphatic heterocycles.